The molecule has 0 unspecified atom stereocenters. The van der Waals surface area contributed by atoms with E-state index in [-0.39, 0.29) is 0 Å². The Morgan fingerprint density at radius 3 is 1.80 bits per heavy atom. The number of pyridine rings is 2. The lowest BCUT2D eigenvalue weighted by Crippen LogP contribution is -2.00. The van der Waals surface area contributed by atoms with Gasteiger partial charge in [0, 0.05) is 68.5 Å². The summed E-state index contributed by atoms with van der Waals surface area (Å²) in [5.41, 5.74) is 12.7. The van der Waals surface area contributed by atoms with Gasteiger partial charge in [0.15, 0.2) is 0 Å². The molecule has 35 heavy (non-hydrogen) atoms. The highest BCUT2D eigenvalue weighted by molar-refractivity contribution is 6.19. The number of rotatable bonds is 3. The van der Waals surface area contributed by atoms with Gasteiger partial charge in [-0.15, -0.1) is 0 Å². The van der Waals surface area contributed by atoms with E-state index in [1.807, 2.05) is 24.5 Å². The van der Waals surface area contributed by atoms with Crippen molar-refractivity contribution in [2.24, 2.45) is 0 Å². The van der Waals surface area contributed by atoms with Gasteiger partial charge in [-0.25, -0.2) is 0 Å². The Labute approximate surface area is 201 Å². The summed E-state index contributed by atoms with van der Waals surface area (Å²) in [4.78, 5) is 8.62. The van der Waals surface area contributed by atoms with Crippen molar-refractivity contribution in [1.82, 2.24) is 14.5 Å². The molecule has 0 bridgehead atoms. The SMILES string of the molecule is Nc1c(Nc2ccc(-n3c4ccccc4c4ccccc43)cc2)c2ccncc2c2cnccc12. The molecule has 166 valence electrons. The summed E-state index contributed by atoms with van der Waals surface area (Å²) in [6.07, 6.45) is 7.28. The molecule has 0 aliphatic carbocycles. The Balaban J connectivity index is 1.35. The summed E-state index contributed by atoms with van der Waals surface area (Å²) in [6, 6.07) is 29.5. The molecule has 0 spiro atoms. The van der Waals surface area contributed by atoms with Crippen molar-refractivity contribution < 1.29 is 0 Å². The third-order valence-electron chi connectivity index (χ3n) is 6.74. The molecule has 7 aromatic rings. The number of anilines is 3. The zero-order valence-electron chi connectivity index (χ0n) is 18.8. The predicted molar refractivity (Wildman–Crippen MR) is 146 cm³/mol. The van der Waals surface area contributed by atoms with Crippen molar-refractivity contribution in [3.8, 4) is 5.69 Å². The minimum absolute atomic E-state index is 0.701. The Morgan fingerprint density at radius 1 is 0.571 bits per heavy atom. The van der Waals surface area contributed by atoms with Crippen LogP contribution >= 0.6 is 0 Å². The third kappa shape index (κ3) is 2.95. The second-order valence-corrected chi connectivity index (χ2v) is 8.67. The van der Waals surface area contributed by atoms with Crippen molar-refractivity contribution in [2.75, 3.05) is 11.1 Å². The first-order valence-corrected chi connectivity index (χ1v) is 11.5. The van der Waals surface area contributed by atoms with Crippen molar-refractivity contribution >= 4 is 60.4 Å². The molecule has 3 aromatic heterocycles. The molecule has 0 radical (unpaired) electrons. The molecule has 5 nitrogen and oxygen atoms in total. The van der Waals surface area contributed by atoms with Gasteiger partial charge in [0.1, 0.15) is 0 Å². The van der Waals surface area contributed by atoms with E-state index in [9.17, 15) is 0 Å². The first-order chi connectivity index (χ1) is 17.3. The number of benzene rings is 4. The summed E-state index contributed by atoms with van der Waals surface area (Å²) in [6.45, 7) is 0. The van der Waals surface area contributed by atoms with Gasteiger partial charge in [0.25, 0.3) is 0 Å². The Bertz CT molecular complexity index is 1830. The lowest BCUT2D eigenvalue weighted by Gasteiger charge is -2.16. The maximum Gasteiger partial charge on any atom is 0.0705 e. The molecule has 0 atom stereocenters. The van der Waals surface area contributed by atoms with Gasteiger partial charge in [-0.3, -0.25) is 9.97 Å². The fraction of sp³-hybridized carbons (Fsp3) is 0. The van der Waals surface area contributed by atoms with Crippen LogP contribution in [0.25, 0.3) is 49.0 Å². The first kappa shape index (κ1) is 19.6. The lowest BCUT2D eigenvalue weighted by atomic mass is 10.0. The van der Waals surface area contributed by atoms with Crippen LogP contribution in [-0.2, 0) is 0 Å². The van der Waals surface area contributed by atoms with Crippen LogP contribution in [0, 0.1) is 0 Å². The molecule has 7 rings (SSSR count). The van der Waals surface area contributed by atoms with E-state index in [1.165, 1.54) is 21.8 Å². The monoisotopic (exact) mass is 451 g/mol. The van der Waals surface area contributed by atoms with Gasteiger partial charge in [-0.2, -0.15) is 0 Å². The maximum atomic E-state index is 6.65. The number of aromatic nitrogens is 3. The van der Waals surface area contributed by atoms with Crippen LogP contribution < -0.4 is 11.1 Å². The highest BCUT2D eigenvalue weighted by Crippen LogP contribution is 2.39. The third-order valence-corrected chi connectivity index (χ3v) is 6.74. The second-order valence-electron chi connectivity index (χ2n) is 8.67. The number of hydrogen-bond acceptors (Lipinski definition) is 4. The first-order valence-electron chi connectivity index (χ1n) is 11.5. The molecule has 0 fully saturated rings. The molecule has 0 saturated carbocycles. The van der Waals surface area contributed by atoms with Crippen molar-refractivity contribution in [3.05, 3.63) is 110 Å². The minimum Gasteiger partial charge on any atom is -0.397 e. The normalized spacial score (nSPS) is 11.5. The minimum atomic E-state index is 0.701. The molecular weight excluding hydrogens is 430 g/mol. The van der Waals surface area contributed by atoms with Crippen LogP contribution in [0.1, 0.15) is 0 Å². The second kappa shape index (κ2) is 7.57. The quantitative estimate of drug-likeness (QED) is 0.169. The van der Waals surface area contributed by atoms with Crippen molar-refractivity contribution in [1.29, 1.82) is 0 Å². The van der Waals surface area contributed by atoms with Gasteiger partial charge < -0.3 is 15.6 Å². The van der Waals surface area contributed by atoms with Crippen LogP contribution in [0.2, 0.25) is 0 Å². The maximum absolute atomic E-state index is 6.65. The van der Waals surface area contributed by atoms with E-state index in [0.29, 0.717) is 5.69 Å². The standard InChI is InChI=1S/C30H21N5/c31-29-23-13-15-32-17-25(23)26-18-33-16-14-24(26)30(29)34-19-9-11-20(12-10-19)35-27-7-3-1-5-21(27)22-6-2-4-8-28(22)35/h1-18,34H,31H2. The number of nitrogens with one attached hydrogen (secondary N) is 1. The summed E-state index contributed by atoms with van der Waals surface area (Å²) in [7, 11) is 0. The zero-order chi connectivity index (χ0) is 23.4. The van der Waals surface area contributed by atoms with Crippen LogP contribution in [0.5, 0.6) is 0 Å². The highest BCUT2D eigenvalue weighted by Gasteiger charge is 2.14. The van der Waals surface area contributed by atoms with Gasteiger partial charge in [0.05, 0.1) is 22.4 Å². The van der Waals surface area contributed by atoms with Crippen LogP contribution in [0.15, 0.2) is 110 Å². The molecule has 0 saturated heterocycles. The van der Waals surface area contributed by atoms with E-state index in [4.69, 9.17) is 5.73 Å². The molecule has 3 N–H and O–H groups in total. The average molecular weight is 452 g/mol. The van der Waals surface area contributed by atoms with Gasteiger partial charge in [-0.05, 0) is 48.5 Å². The number of hydrogen-bond donors (Lipinski definition) is 2. The molecule has 4 aromatic carbocycles. The van der Waals surface area contributed by atoms with Crippen molar-refractivity contribution in [3.63, 3.8) is 0 Å². The summed E-state index contributed by atoms with van der Waals surface area (Å²) in [5, 5.41) is 10.1. The molecule has 5 heteroatoms. The lowest BCUT2D eigenvalue weighted by molar-refractivity contribution is 1.18. The summed E-state index contributed by atoms with van der Waals surface area (Å²) < 4.78 is 2.31. The van der Waals surface area contributed by atoms with Crippen LogP contribution in [0.4, 0.5) is 17.1 Å². The van der Waals surface area contributed by atoms with Gasteiger partial charge >= 0.3 is 0 Å². The number of nitrogen functional groups attached to an aromatic ring is 1. The smallest absolute Gasteiger partial charge is 0.0705 e. The average Bonchev–Trinajstić information content (AvgIpc) is 3.26. The van der Waals surface area contributed by atoms with E-state index < -0.39 is 0 Å². The predicted octanol–water partition coefficient (Wildman–Crippen LogP) is 7.21. The number of nitrogens with zero attached hydrogens (tertiary/aromatic N) is 3. The van der Waals surface area contributed by atoms with Gasteiger partial charge in [-0.1, -0.05) is 36.4 Å². The highest BCUT2D eigenvalue weighted by atomic mass is 15.0. The summed E-state index contributed by atoms with van der Waals surface area (Å²) in [5.74, 6) is 0. The Morgan fingerprint density at radius 2 is 1.14 bits per heavy atom. The molecule has 0 amide bonds. The number of fused-ring (bicyclic) bond motifs is 6. The van der Waals surface area contributed by atoms with E-state index in [1.54, 1.807) is 12.4 Å². The van der Waals surface area contributed by atoms with Crippen molar-refractivity contribution in [2.45, 2.75) is 0 Å². The topological polar surface area (TPSA) is 68.8 Å². The fourth-order valence-electron chi connectivity index (χ4n) is 5.12. The molecule has 3 heterocycles. The van der Waals surface area contributed by atoms with Crippen LogP contribution in [-0.4, -0.2) is 14.5 Å². The van der Waals surface area contributed by atoms with E-state index >= 15 is 0 Å². The van der Waals surface area contributed by atoms with E-state index in [0.717, 1.165) is 38.6 Å². The number of nitrogens with two attached hydrogens (primary N) is 1. The zero-order valence-corrected chi connectivity index (χ0v) is 18.8. The summed E-state index contributed by atoms with van der Waals surface area (Å²) >= 11 is 0. The Hall–Kier alpha value is -4.90. The molecular formula is C30H21N5. The van der Waals surface area contributed by atoms with E-state index in [2.05, 4.69) is 92.6 Å². The largest absolute Gasteiger partial charge is 0.397 e. The number of para-hydroxylation sites is 2. The Kier molecular flexibility index (Phi) is 4.23. The fourth-order valence-corrected chi connectivity index (χ4v) is 5.12. The molecule has 0 aliphatic heterocycles. The van der Waals surface area contributed by atoms with Gasteiger partial charge in [0.2, 0.25) is 0 Å². The van der Waals surface area contributed by atoms with Crippen LogP contribution in [0.3, 0.4) is 0 Å². The molecule has 0 aliphatic rings.